The van der Waals surface area contributed by atoms with E-state index in [1.54, 1.807) is 0 Å². The summed E-state index contributed by atoms with van der Waals surface area (Å²) < 4.78 is 90.3. The minimum Gasteiger partial charge on any atom is -0.479 e. The lowest BCUT2D eigenvalue weighted by Crippen LogP contribution is -2.29. The van der Waals surface area contributed by atoms with Crippen molar-refractivity contribution < 1.29 is 40.2 Å². The third kappa shape index (κ3) is 8.01. The average Bonchev–Trinajstić information content (AvgIpc) is 2.87. The third-order valence-corrected chi connectivity index (χ3v) is 6.29. The second kappa shape index (κ2) is 12.0. The molecule has 0 saturated heterocycles. The van der Waals surface area contributed by atoms with E-state index >= 15 is 0 Å². The van der Waals surface area contributed by atoms with Crippen LogP contribution < -0.4 is 20.1 Å². The molecule has 0 spiro atoms. The fourth-order valence-electron chi connectivity index (χ4n) is 2.98. The molecular formula is C23H23F4N5O5S. The van der Waals surface area contributed by atoms with Crippen molar-refractivity contribution in [3.8, 4) is 5.75 Å². The molecule has 0 aliphatic rings. The van der Waals surface area contributed by atoms with E-state index in [9.17, 15) is 30.8 Å². The summed E-state index contributed by atoms with van der Waals surface area (Å²) in [5.41, 5.74) is -0.933. The zero-order valence-electron chi connectivity index (χ0n) is 20.0. The molecule has 0 unspecified atom stereocenters. The van der Waals surface area contributed by atoms with Gasteiger partial charge in [-0.1, -0.05) is 0 Å². The van der Waals surface area contributed by atoms with Crippen molar-refractivity contribution in [2.75, 3.05) is 30.8 Å². The molecule has 1 heterocycles. The normalized spacial score (nSPS) is 12.5. The number of sulfonamides is 1. The Kier molecular flexibility index (Phi) is 9.06. The van der Waals surface area contributed by atoms with Crippen molar-refractivity contribution in [3.63, 3.8) is 0 Å². The first kappa shape index (κ1) is 28.6. The van der Waals surface area contributed by atoms with Gasteiger partial charge in [-0.3, -0.25) is 0 Å². The Morgan fingerprint density at radius 1 is 1.03 bits per heavy atom. The molecule has 0 aliphatic heterocycles. The zero-order valence-corrected chi connectivity index (χ0v) is 20.9. The minimum atomic E-state index is -4.77. The number of rotatable bonds is 11. The Bertz CT molecular complexity index is 1350. The van der Waals surface area contributed by atoms with Crippen LogP contribution in [0.3, 0.4) is 0 Å². The smallest absolute Gasteiger partial charge is 0.433 e. The van der Waals surface area contributed by atoms with Gasteiger partial charge in [0.25, 0.3) is 0 Å². The molecule has 0 bridgehead atoms. The van der Waals surface area contributed by atoms with Crippen molar-refractivity contribution in [3.05, 3.63) is 66.1 Å². The second-order valence-electron chi connectivity index (χ2n) is 7.67. The molecule has 2 aromatic carbocycles. The molecule has 0 amide bonds. The average molecular weight is 558 g/mol. The lowest BCUT2D eigenvalue weighted by atomic mass is 10.3. The summed E-state index contributed by atoms with van der Waals surface area (Å²) in [5, 5.41) is 5.19. The van der Waals surface area contributed by atoms with Crippen LogP contribution in [-0.4, -0.2) is 50.7 Å². The van der Waals surface area contributed by atoms with E-state index in [2.05, 4.69) is 30.1 Å². The van der Waals surface area contributed by atoms with Crippen LogP contribution in [0.2, 0.25) is 0 Å². The predicted molar refractivity (Wildman–Crippen MR) is 129 cm³/mol. The summed E-state index contributed by atoms with van der Waals surface area (Å²) in [6.45, 7) is 1.12. The van der Waals surface area contributed by atoms with Crippen LogP contribution in [-0.2, 0) is 25.7 Å². The Hall–Kier alpha value is -3.98. The van der Waals surface area contributed by atoms with Gasteiger partial charge >= 0.3 is 12.1 Å². The molecule has 3 aromatic rings. The summed E-state index contributed by atoms with van der Waals surface area (Å²) in [4.78, 5) is 18.7. The third-order valence-electron chi connectivity index (χ3n) is 4.81. The van der Waals surface area contributed by atoms with E-state index in [1.807, 2.05) is 0 Å². The largest absolute Gasteiger partial charge is 0.479 e. The number of halogens is 4. The Morgan fingerprint density at radius 3 is 2.29 bits per heavy atom. The van der Waals surface area contributed by atoms with E-state index in [0.29, 0.717) is 11.8 Å². The predicted octanol–water partition coefficient (Wildman–Crippen LogP) is 3.71. The Labute approximate surface area is 215 Å². The zero-order chi connectivity index (χ0) is 27.9. The van der Waals surface area contributed by atoms with Crippen molar-refractivity contribution in [1.82, 2.24) is 14.7 Å². The number of carbonyl (C=O) groups excluding carboxylic acids is 1. The summed E-state index contributed by atoms with van der Waals surface area (Å²) in [6, 6.07) is 10.8. The number of alkyl halides is 3. The molecule has 15 heteroatoms. The molecule has 10 nitrogen and oxygen atoms in total. The number of hydrogen-bond donors (Lipinski definition) is 3. The molecule has 0 fully saturated rings. The molecular weight excluding hydrogens is 534 g/mol. The lowest BCUT2D eigenvalue weighted by molar-refractivity contribution is -0.148. The molecule has 204 valence electrons. The highest BCUT2D eigenvalue weighted by Crippen LogP contribution is 2.30. The maximum absolute atomic E-state index is 13.3. The van der Waals surface area contributed by atoms with Gasteiger partial charge in [-0.25, -0.2) is 27.3 Å². The summed E-state index contributed by atoms with van der Waals surface area (Å²) in [6.07, 6.45) is -5.67. The minimum absolute atomic E-state index is 0.100. The number of aromatic nitrogens is 2. The number of hydrogen-bond acceptors (Lipinski definition) is 9. The van der Waals surface area contributed by atoms with Crippen molar-refractivity contribution >= 4 is 33.4 Å². The number of methoxy groups -OCH3 is 1. The van der Waals surface area contributed by atoms with Crippen LogP contribution in [0.15, 0.2) is 59.5 Å². The molecule has 38 heavy (non-hydrogen) atoms. The Morgan fingerprint density at radius 2 is 1.68 bits per heavy atom. The van der Waals surface area contributed by atoms with E-state index in [0.717, 1.165) is 12.1 Å². The van der Waals surface area contributed by atoms with Crippen molar-refractivity contribution in [2.24, 2.45) is 0 Å². The van der Waals surface area contributed by atoms with E-state index in [1.165, 1.54) is 50.4 Å². The quantitative estimate of drug-likeness (QED) is 0.183. The van der Waals surface area contributed by atoms with E-state index in [-0.39, 0.29) is 29.6 Å². The lowest BCUT2D eigenvalue weighted by Gasteiger charge is -2.14. The van der Waals surface area contributed by atoms with Gasteiger partial charge in [-0.2, -0.15) is 18.2 Å². The number of nitrogens with zero attached hydrogens (tertiary/aromatic N) is 2. The monoisotopic (exact) mass is 557 g/mol. The standard InChI is InChI=1S/C23H23F4N5O5S/c1-14(21(33)36-2)37-17-7-9-18(10-8-17)38(34,35)29-12-11-28-22-31-19(23(25,26)27)13-20(32-22)30-16-5-3-15(24)4-6-16/h3-10,13-14,29H,11-12H2,1-2H3,(H2,28,30,31,32)/t14-/m0/s1. The summed E-state index contributed by atoms with van der Waals surface area (Å²) in [5.74, 6) is -1.47. The summed E-state index contributed by atoms with van der Waals surface area (Å²) >= 11 is 0. The second-order valence-corrected chi connectivity index (χ2v) is 9.44. The van der Waals surface area contributed by atoms with E-state index in [4.69, 9.17) is 4.74 Å². The van der Waals surface area contributed by atoms with Crippen molar-refractivity contribution in [2.45, 2.75) is 24.1 Å². The molecule has 1 atom stereocenters. The summed E-state index contributed by atoms with van der Waals surface area (Å²) in [7, 11) is -2.76. The fraction of sp³-hybridized carbons (Fsp3) is 0.261. The molecule has 3 N–H and O–H groups in total. The van der Waals surface area contributed by atoms with Gasteiger partial charge in [0.15, 0.2) is 11.8 Å². The van der Waals surface area contributed by atoms with Crippen LogP contribution in [0.1, 0.15) is 12.6 Å². The van der Waals surface area contributed by atoms with E-state index < -0.39 is 45.7 Å². The number of anilines is 3. The van der Waals surface area contributed by atoms with Gasteiger partial charge in [0.2, 0.25) is 16.0 Å². The highest BCUT2D eigenvalue weighted by atomic mass is 32.2. The van der Waals surface area contributed by atoms with Crippen LogP contribution >= 0.6 is 0 Å². The molecule has 0 saturated carbocycles. The first-order valence-corrected chi connectivity index (χ1v) is 12.4. The highest BCUT2D eigenvalue weighted by Gasteiger charge is 2.33. The number of nitrogens with one attached hydrogen (secondary N) is 3. The highest BCUT2D eigenvalue weighted by molar-refractivity contribution is 7.89. The van der Waals surface area contributed by atoms with Crippen LogP contribution in [0, 0.1) is 5.82 Å². The first-order valence-electron chi connectivity index (χ1n) is 10.9. The number of esters is 1. The first-order chi connectivity index (χ1) is 17.9. The molecule has 1 aromatic heterocycles. The topological polar surface area (TPSA) is 132 Å². The van der Waals surface area contributed by atoms with Crippen LogP contribution in [0.4, 0.5) is 35.0 Å². The van der Waals surface area contributed by atoms with Gasteiger partial charge in [-0.15, -0.1) is 0 Å². The number of benzene rings is 2. The van der Waals surface area contributed by atoms with Gasteiger partial charge in [0.1, 0.15) is 17.4 Å². The van der Waals surface area contributed by atoms with Gasteiger partial charge in [0, 0.05) is 24.8 Å². The molecule has 3 rings (SSSR count). The number of carbonyl (C=O) groups is 1. The van der Waals surface area contributed by atoms with Gasteiger partial charge in [-0.05, 0) is 55.5 Å². The Balaban J connectivity index is 1.61. The maximum atomic E-state index is 13.3. The maximum Gasteiger partial charge on any atom is 0.433 e. The number of ether oxygens (including phenoxy) is 2. The van der Waals surface area contributed by atoms with Gasteiger partial charge in [0.05, 0.1) is 12.0 Å². The van der Waals surface area contributed by atoms with Crippen LogP contribution in [0.5, 0.6) is 5.75 Å². The SMILES string of the molecule is COC(=O)[C@H](C)Oc1ccc(S(=O)(=O)NCCNc2nc(Nc3ccc(F)cc3)cc(C(F)(F)F)n2)cc1. The molecule has 0 aliphatic carbocycles. The fourth-order valence-corrected chi connectivity index (χ4v) is 4.01. The van der Waals surface area contributed by atoms with Crippen LogP contribution in [0.25, 0.3) is 0 Å². The van der Waals surface area contributed by atoms with Crippen molar-refractivity contribution in [1.29, 1.82) is 0 Å². The van der Waals surface area contributed by atoms with Gasteiger partial charge < -0.3 is 20.1 Å². The molecule has 0 radical (unpaired) electrons.